The van der Waals surface area contributed by atoms with Crippen molar-refractivity contribution in [3.8, 4) is 17.6 Å². The molecule has 0 aromatic heterocycles. The van der Waals surface area contributed by atoms with E-state index in [1.165, 1.54) is 0 Å². The van der Waals surface area contributed by atoms with E-state index in [-0.39, 0.29) is 5.92 Å². The molecule has 0 amide bonds. The average molecular weight is 316 g/mol. The summed E-state index contributed by atoms with van der Waals surface area (Å²) >= 11 is 0. The molecule has 1 aliphatic rings. The summed E-state index contributed by atoms with van der Waals surface area (Å²) in [5, 5.41) is 12.0. The van der Waals surface area contributed by atoms with Crippen LogP contribution >= 0.6 is 0 Å². The van der Waals surface area contributed by atoms with Gasteiger partial charge >= 0.3 is 0 Å². The van der Waals surface area contributed by atoms with Gasteiger partial charge in [0.25, 0.3) is 0 Å². The molecule has 1 aromatic carbocycles. The molecule has 0 aliphatic heterocycles. The van der Waals surface area contributed by atoms with Gasteiger partial charge in [-0.1, -0.05) is 0 Å². The molecule has 0 spiro atoms. The lowest BCUT2D eigenvalue weighted by Gasteiger charge is -2.23. The SMILES string of the molecule is COc1ccc(OC)c(NC(N)=NCC2CCC(C#N)CC2)c1. The van der Waals surface area contributed by atoms with Gasteiger partial charge in [0.05, 0.1) is 26.0 Å². The maximum atomic E-state index is 8.92. The largest absolute Gasteiger partial charge is 0.497 e. The number of methoxy groups -OCH3 is 2. The van der Waals surface area contributed by atoms with Crippen molar-refractivity contribution >= 4 is 11.6 Å². The minimum atomic E-state index is 0.215. The zero-order valence-electron chi connectivity index (χ0n) is 13.7. The van der Waals surface area contributed by atoms with Crippen molar-refractivity contribution in [1.29, 1.82) is 5.26 Å². The van der Waals surface area contributed by atoms with Gasteiger partial charge in [0.15, 0.2) is 5.96 Å². The third-order valence-corrected chi connectivity index (χ3v) is 4.22. The smallest absolute Gasteiger partial charge is 0.193 e. The van der Waals surface area contributed by atoms with Crippen LogP contribution in [0.15, 0.2) is 23.2 Å². The Balaban J connectivity index is 1.93. The molecule has 0 heterocycles. The molecule has 0 radical (unpaired) electrons. The second-order valence-corrected chi connectivity index (χ2v) is 5.76. The van der Waals surface area contributed by atoms with E-state index in [9.17, 15) is 0 Å². The summed E-state index contributed by atoms with van der Waals surface area (Å²) in [4.78, 5) is 4.43. The van der Waals surface area contributed by atoms with Gasteiger partial charge in [-0.15, -0.1) is 0 Å². The third kappa shape index (κ3) is 4.78. The Morgan fingerprint density at radius 1 is 1.30 bits per heavy atom. The van der Waals surface area contributed by atoms with Gasteiger partial charge in [0.2, 0.25) is 0 Å². The topological polar surface area (TPSA) is 92.7 Å². The monoisotopic (exact) mass is 316 g/mol. The highest BCUT2D eigenvalue weighted by Crippen LogP contribution is 2.29. The van der Waals surface area contributed by atoms with E-state index >= 15 is 0 Å². The summed E-state index contributed by atoms with van der Waals surface area (Å²) in [5.74, 6) is 2.48. The van der Waals surface area contributed by atoms with E-state index in [0.29, 0.717) is 24.2 Å². The van der Waals surface area contributed by atoms with Crippen molar-refractivity contribution in [2.24, 2.45) is 22.6 Å². The van der Waals surface area contributed by atoms with Gasteiger partial charge < -0.3 is 20.5 Å². The molecule has 0 bridgehead atoms. The predicted molar refractivity (Wildman–Crippen MR) is 90.7 cm³/mol. The van der Waals surface area contributed by atoms with Crippen LogP contribution in [0.1, 0.15) is 25.7 Å². The van der Waals surface area contributed by atoms with Gasteiger partial charge in [-0.2, -0.15) is 5.26 Å². The fraction of sp³-hybridized carbons (Fsp3) is 0.529. The van der Waals surface area contributed by atoms with Crippen LogP contribution in [0.25, 0.3) is 0 Å². The average Bonchev–Trinajstić information content (AvgIpc) is 2.60. The van der Waals surface area contributed by atoms with E-state index in [4.69, 9.17) is 20.5 Å². The van der Waals surface area contributed by atoms with Crippen molar-refractivity contribution in [3.63, 3.8) is 0 Å². The molecular weight excluding hydrogens is 292 g/mol. The van der Waals surface area contributed by atoms with Gasteiger partial charge in [0.1, 0.15) is 11.5 Å². The first-order chi connectivity index (χ1) is 11.2. The van der Waals surface area contributed by atoms with Crippen molar-refractivity contribution in [2.75, 3.05) is 26.1 Å². The lowest BCUT2D eigenvalue weighted by Crippen LogP contribution is -2.25. The number of ether oxygens (including phenoxy) is 2. The van der Waals surface area contributed by atoms with Gasteiger partial charge in [-0.3, -0.25) is 4.99 Å². The first-order valence-electron chi connectivity index (χ1n) is 7.84. The van der Waals surface area contributed by atoms with E-state index in [0.717, 1.165) is 37.1 Å². The fourth-order valence-electron chi connectivity index (χ4n) is 2.79. The summed E-state index contributed by atoms with van der Waals surface area (Å²) in [6, 6.07) is 7.81. The quantitative estimate of drug-likeness (QED) is 0.643. The Kier molecular flexibility index (Phi) is 6.10. The summed E-state index contributed by atoms with van der Waals surface area (Å²) in [5.41, 5.74) is 6.71. The number of nitrogens with zero attached hydrogens (tertiary/aromatic N) is 2. The summed E-state index contributed by atoms with van der Waals surface area (Å²) in [6.07, 6.45) is 4.01. The minimum Gasteiger partial charge on any atom is -0.497 e. The van der Waals surface area contributed by atoms with Crippen molar-refractivity contribution < 1.29 is 9.47 Å². The van der Waals surface area contributed by atoms with Crippen LogP contribution in [-0.2, 0) is 0 Å². The van der Waals surface area contributed by atoms with Crippen molar-refractivity contribution in [3.05, 3.63) is 18.2 Å². The number of hydrogen-bond donors (Lipinski definition) is 2. The number of anilines is 1. The number of benzene rings is 1. The predicted octanol–water partition coefficient (Wildman–Crippen LogP) is 2.76. The fourth-order valence-corrected chi connectivity index (χ4v) is 2.79. The number of nitriles is 1. The lowest BCUT2D eigenvalue weighted by molar-refractivity contribution is 0.322. The molecule has 2 rings (SSSR count). The number of guanidine groups is 1. The van der Waals surface area contributed by atoms with Crippen LogP contribution < -0.4 is 20.5 Å². The Morgan fingerprint density at radius 3 is 2.65 bits per heavy atom. The Hall–Kier alpha value is -2.42. The third-order valence-electron chi connectivity index (χ3n) is 4.22. The Labute approximate surface area is 137 Å². The molecule has 6 heteroatoms. The molecule has 3 N–H and O–H groups in total. The molecule has 6 nitrogen and oxygen atoms in total. The number of aliphatic imine (C=N–C) groups is 1. The highest BCUT2D eigenvalue weighted by Gasteiger charge is 2.20. The molecule has 0 atom stereocenters. The first kappa shape index (κ1) is 16.9. The molecule has 1 aromatic rings. The Bertz CT molecular complexity index is 587. The van der Waals surface area contributed by atoms with E-state index < -0.39 is 0 Å². The normalized spacial score (nSPS) is 21.3. The van der Waals surface area contributed by atoms with Crippen LogP contribution in [0.5, 0.6) is 11.5 Å². The maximum absolute atomic E-state index is 8.92. The molecule has 1 aliphatic carbocycles. The van der Waals surface area contributed by atoms with Crippen molar-refractivity contribution in [2.45, 2.75) is 25.7 Å². The van der Waals surface area contributed by atoms with E-state index in [2.05, 4.69) is 16.4 Å². The highest BCUT2D eigenvalue weighted by atomic mass is 16.5. The standard InChI is InChI=1S/C17H24N4O2/c1-22-14-7-8-16(23-2)15(9-14)21-17(19)20-11-13-5-3-12(10-18)4-6-13/h7-9,12-13H,3-6,11H2,1-2H3,(H3,19,20,21). The molecule has 23 heavy (non-hydrogen) atoms. The van der Waals surface area contributed by atoms with Crippen LogP contribution in [0.2, 0.25) is 0 Å². The van der Waals surface area contributed by atoms with Crippen LogP contribution in [-0.4, -0.2) is 26.7 Å². The highest BCUT2D eigenvalue weighted by molar-refractivity contribution is 5.94. The number of nitrogens with two attached hydrogens (primary N) is 1. The molecule has 0 saturated heterocycles. The molecule has 1 fully saturated rings. The number of hydrogen-bond acceptors (Lipinski definition) is 4. The van der Waals surface area contributed by atoms with Crippen molar-refractivity contribution in [1.82, 2.24) is 0 Å². The summed E-state index contributed by atoms with van der Waals surface area (Å²) in [7, 11) is 3.22. The van der Waals surface area contributed by atoms with Crippen LogP contribution in [0.4, 0.5) is 5.69 Å². The second kappa shape index (κ2) is 8.28. The lowest BCUT2D eigenvalue weighted by atomic mass is 9.83. The first-order valence-corrected chi connectivity index (χ1v) is 7.84. The Morgan fingerprint density at radius 2 is 2.04 bits per heavy atom. The maximum Gasteiger partial charge on any atom is 0.193 e. The second-order valence-electron chi connectivity index (χ2n) is 5.76. The summed E-state index contributed by atoms with van der Waals surface area (Å²) in [6.45, 7) is 0.684. The van der Waals surface area contributed by atoms with E-state index in [1.54, 1.807) is 14.2 Å². The minimum absolute atomic E-state index is 0.215. The van der Waals surface area contributed by atoms with Gasteiger partial charge in [0, 0.05) is 18.5 Å². The van der Waals surface area contributed by atoms with E-state index in [1.807, 2.05) is 18.2 Å². The molecule has 1 saturated carbocycles. The zero-order valence-corrected chi connectivity index (χ0v) is 13.7. The molecule has 0 unspecified atom stereocenters. The molecular formula is C17H24N4O2. The zero-order chi connectivity index (χ0) is 16.7. The number of rotatable bonds is 5. The molecule has 124 valence electrons. The van der Waals surface area contributed by atoms with Crippen LogP contribution in [0.3, 0.4) is 0 Å². The van der Waals surface area contributed by atoms with Gasteiger partial charge in [-0.05, 0) is 43.7 Å². The number of nitrogens with one attached hydrogen (secondary N) is 1. The summed E-state index contributed by atoms with van der Waals surface area (Å²) < 4.78 is 10.5. The van der Waals surface area contributed by atoms with Gasteiger partial charge in [-0.25, -0.2) is 0 Å². The van der Waals surface area contributed by atoms with Crippen LogP contribution in [0, 0.1) is 23.2 Å².